The second kappa shape index (κ2) is 8.54. The van der Waals surface area contributed by atoms with Crippen LogP contribution in [0.15, 0.2) is 0 Å². The molecule has 2 aliphatic rings. The van der Waals surface area contributed by atoms with E-state index in [0.29, 0.717) is 0 Å². The number of carboxylic acid groups (broad SMARTS) is 1. The van der Waals surface area contributed by atoms with Crippen molar-refractivity contribution in [3.63, 3.8) is 0 Å². The van der Waals surface area contributed by atoms with Gasteiger partial charge in [0.25, 0.3) is 0 Å². The topological polar surface area (TPSA) is 195 Å². The summed E-state index contributed by atoms with van der Waals surface area (Å²) in [6.45, 7) is 0.526. The fraction of sp³-hybridized carbons (Fsp3) is 0.857. The van der Waals surface area contributed by atoms with E-state index in [0.717, 1.165) is 0 Å². The maximum atomic E-state index is 11.3. The van der Waals surface area contributed by atoms with E-state index in [2.05, 4.69) is 5.32 Å². The van der Waals surface area contributed by atoms with Crippen molar-refractivity contribution >= 4 is 11.9 Å². The van der Waals surface area contributed by atoms with Crippen molar-refractivity contribution in [3.05, 3.63) is 0 Å². The van der Waals surface area contributed by atoms with Gasteiger partial charge in [0.1, 0.15) is 36.6 Å². The first kappa shape index (κ1) is 20.9. The van der Waals surface area contributed by atoms with Crippen LogP contribution in [0.3, 0.4) is 0 Å². The molecular formula is C14H23NO11. The summed E-state index contributed by atoms with van der Waals surface area (Å²) < 4.78 is 15.7. The predicted octanol–water partition coefficient (Wildman–Crippen LogP) is -4.48. The average molecular weight is 381 g/mol. The first-order valence-electron chi connectivity index (χ1n) is 7.93. The van der Waals surface area contributed by atoms with Crippen LogP contribution in [0.25, 0.3) is 0 Å². The van der Waals surface area contributed by atoms with Crippen LogP contribution < -0.4 is 5.32 Å². The smallest absolute Gasteiger partial charge is 0.335 e. The van der Waals surface area contributed by atoms with Crippen molar-refractivity contribution in [2.45, 2.75) is 62.0 Å². The molecule has 0 bridgehead atoms. The molecule has 0 aromatic rings. The summed E-state index contributed by atoms with van der Waals surface area (Å²) in [5, 5.41) is 60.6. The number of aliphatic hydroxyl groups excluding tert-OH is 5. The normalized spacial score (nSPS) is 43.7. The first-order valence-corrected chi connectivity index (χ1v) is 7.93. The third-order valence-corrected chi connectivity index (χ3v) is 4.28. The molecule has 150 valence electrons. The van der Waals surface area contributed by atoms with Crippen LogP contribution in [-0.2, 0) is 23.8 Å². The molecule has 2 fully saturated rings. The molecule has 0 radical (unpaired) electrons. The minimum Gasteiger partial charge on any atom is -0.479 e. The maximum Gasteiger partial charge on any atom is 0.335 e. The maximum absolute atomic E-state index is 11.3. The minimum absolute atomic E-state index is 0.136. The summed E-state index contributed by atoms with van der Waals surface area (Å²) in [4.78, 5) is 22.5. The number of amides is 1. The van der Waals surface area contributed by atoms with Gasteiger partial charge < -0.3 is 50.2 Å². The molecule has 9 atom stereocenters. The number of carboxylic acids is 1. The molecule has 0 aromatic carbocycles. The van der Waals surface area contributed by atoms with Crippen molar-refractivity contribution < 1.29 is 54.4 Å². The highest BCUT2D eigenvalue weighted by molar-refractivity contribution is 5.73. The van der Waals surface area contributed by atoms with E-state index in [-0.39, 0.29) is 6.61 Å². The van der Waals surface area contributed by atoms with Crippen molar-refractivity contribution in [2.75, 3.05) is 13.2 Å². The lowest BCUT2D eigenvalue weighted by Gasteiger charge is -2.44. The molecular weight excluding hydrogens is 358 g/mol. The molecule has 2 rings (SSSR count). The monoisotopic (exact) mass is 381 g/mol. The number of carbonyl (C=O) groups excluding carboxylic acids is 1. The summed E-state index contributed by atoms with van der Waals surface area (Å²) >= 11 is 0. The van der Waals surface area contributed by atoms with Crippen LogP contribution in [0.1, 0.15) is 6.92 Å². The van der Waals surface area contributed by atoms with E-state index in [4.69, 9.17) is 19.3 Å². The zero-order valence-corrected chi connectivity index (χ0v) is 13.8. The van der Waals surface area contributed by atoms with Crippen molar-refractivity contribution in [1.82, 2.24) is 5.32 Å². The van der Waals surface area contributed by atoms with E-state index >= 15 is 0 Å². The van der Waals surface area contributed by atoms with Gasteiger partial charge in [-0.25, -0.2) is 4.79 Å². The van der Waals surface area contributed by atoms with Crippen molar-refractivity contribution in [3.8, 4) is 0 Å². The number of nitrogens with one attached hydrogen (secondary N) is 1. The molecule has 12 heteroatoms. The molecule has 26 heavy (non-hydrogen) atoms. The van der Waals surface area contributed by atoms with Gasteiger partial charge in [-0.15, -0.1) is 0 Å². The molecule has 0 aliphatic carbocycles. The van der Waals surface area contributed by atoms with E-state index < -0.39 is 73.5 Å². The van der Waals surface area contributed by atoms with Gasteiger partial charge in [-0.1, -0.05) is 0 Å². The Hall–Kier alpha value is -1.38. The van der Waals surface area contributed by atoms with E-state index in [1.165, 1.54) is 6.92 Å². The van der Waals surface area contributed by atoms with Crippen LogP contribution in [0, 0.1) is 0 Å². The van der Waals surface area contributed by atoms with E-state index in [1.807, 2.05) is 0 Å². The number of hydrogen-bond donors (Lipinski definition) is 7. The molecule has 0 spiro atoms. The number of ether oxygens (including phenoxy) is 3. The number of carbonyl (C=O) groups is 2. The van der Waals surface area contributed by atoms with Gasteiger partial charge in [-0.3, -0.25) is 4.79 Å². The van der Waals surface area contributed by atoms with Crippen LogP contribution in [0.4, 0.5) is 0 Å². The Balaban J connectivity index is 2.19. The Morgan fingerprint density at radius 1 is 1.12 bits per heavy atom. The van der Waals surface area contributed by atoms with Gasteiger partial charge in [0.05, 0.1) is 19.3 Å². The zero-order valence-electron chi connectivity index (χ0n) is 13.8. The highest BCUT2D eigenvalue weighted by Gasteiger charge is 2.50. The number of aliphatic carboxylic acids is 1. The van der Waals surface area contributed by atoms with Gasteiger partial charge in [0.2, 0.25) is 5.91 Å². The van der Waals surface area contributed by atoms with Gasteiger partial charge in [-0.2, -0.15) is 0 Å². The molecule has 1 amide bonds. The largest absolute Gasteiger partial charge is 0.479 e. The fourth-order valence-corrected chi connectivity index (χ4v) is 2.91. The third-order valence-electron chi connectivity index (χ3n) is 4.28. The van der Waals surface area contributed by atoms with Crippen LogP contribution in [0.2, 0.25) is 0 Å². The van der Waals surface area contributed by atoms with Crippen molar-refractivity contribution in [2.24, 2.45) is 0 Å². The minimum atomic E-state index is -1.89. The van der Waals surface area contributed by atoms with Crippen LogP contribution in [-0.4, -0.2) is 111 Å². The number of rotatable bonds is 5. The van der Waals surface area contributed by atoms with E-state index in [9.17, 15) is 35.1 Å². The predicted molar refractivity (Wildman–Crippen MR) is 79.6 cm³/mol. The Labute approximate surface area is 147 Å². The number of aliphatic hydroxyl groups is 5. The van der Waals surface area contributed by atoms with Gasteiger partial charge in [0.15, 0.2) is 12.4 Å². The molecule has 0 saturated carbocycles. The zero-order chi connectivity index (χ0) is 19.6. The van der Waals surface area contributed by atoms with Crippen LogP contribution in [0.5, 0.6) is 0 Å². The Morgan fingerprint density at radius 2 is 1.77 bits per heavy atom. The molecule has 2 aliphatic heterocycles. The second-order valence-electron chi connectivity index (χ2n) is 6.19. The highest BCUT2D eigenvalue weighted by Crippen LogP contribution is 2.27. The quantitative estimate of drug-likeness (QED) is 0.242. The fourth-order valence-electron chi connectivity index (χ4n) is 2.91. The highest BCUT2D eigenvalue weighted by atomic mass is 16.7. The summed E-state index contributed by atoms with van der Waals surface area (Å²) in [7, 11) is 0. The SMILES string of the molecule is CC(=O)NC1COC(CO)[C@@H](O)C1O[C@@H]1OC(C(=O)O)[C@@H](O)C(O)C1O. The Bertz CT molecular complexity index is 517. The van der Waals surface area contributed by atoms with Gasteiger partial charge >= 0.3 is 5.97 Å². The average Bonchev–Trinajstić information content (AvgIpc) is 2.57. The van der Waals surface area contributed by atoms with Crippen LogP contribution >= 0.6 is 0 Å². The number of hydrogen-bond acceptors (Lipinski definition) is 10. The standard InChI is InChI=1S/C14H23NO11/c1-4(17)15-5-3-24-6(2-16)7(18)11(5)25-14-10(21)8(19)9(20)12(26-14)13(22)23/h5-12,14,16,18-21H,2-3H2,1H3,(H,15,17)(H,22,23)/t5?,6?,7-,8?,9+,10?,11?,12?,14-/m1/s1. The third kappa shape index (κ3) is 4.29. The molecule has 12 nitrogen and oxygen atoms in total. The second-order valence-corrected chi connectivity index (χ2v) is 6.19. The summed E-state index contributed by atoms with van der Waals surface area (Å²) in [6.07, 6.45) is -12.9. The van der Waals surface area contributed by atoms with Gasteiger partial charge in [-0.05, 0) is 0 Å². The lowest BCUT2D eigenvalue weighted by Crippen LogP contribution is -2.65. The van der Waals surface area contributed by atoms with E-state index in [1.54, 1.807) is 0 Å². The molecule has 0 aromatic heterocycles. The Kier molecular flexibility index (Phi) is 6.87. The van der Waals surface area contributed by atoms with Crippen molar-refractivity contribution in [1.29, 1.82) is 0 Å². The lowest BCUT2D eigenvalue weighted by molar-refractivity contribution is -0.322. The first-order chi connectivity index (χ1) is 12.2. The summed E-state index contributed by atoms with van der Waals surface area (Å²) in [6, 6.07) is -0.895. The molecule has 7 N–H and O–H groups in total. The molecule has 2 saturated heterocycles. The lowest BCUT2D eigenvalue weighted by atomic mass is 9.96. The summed E-state index contributed by atoms with van der Waals surface area (Å²) in [5.74, 6) is -2.05. The Morgan fingerprint density at radius 3 is 2.31 bits per heavy atom. The summed E-state index contributed by atoms with van der Waals surface area (Å²) in [5.41, 5.74) is 0. The molecule has 6 unspecified atom stereocenters. The molecule has 2 heterocycles. The van der Waals surface area contributed by atoms with Gasteiger partial charge in [0, 0.05) is 6.92 Å².